The molecule has 1 N–H and O–H groups in total. The van der Waals surface area contributed by atoms with E-state index in [9.17, 15) is 21.6 Å². The van der Waals surface area contributed by atoms with Crippen molar-refractivity contribution < 1.29 is 26.4 Å². The Kier molecular flexibility index (Phi) is 7.14. The summed E-state index contributed by atoms with van der Waals surface area (Å²) in [6, 6.07) is 15.0. The van der Waals surface area contributed by atoms with E-state index < -0.39 is 31.6 Å². The number of rotatable bonds is 7. The second-order valence-corrected chi connectivity index (χ2v) is 11.2. The standard InChI is InChI=1S/C21H17Cl2NO6S2/c1-30-21(25)14-2-11-20(24-32(28,29)19-9-5-17(23)6-10-19)15(12-14)13-31(26,27)18-7-3-16(22)4-8-18/h2-12,24H,13H2,1H3. The normalized spacial score (nSPS) is 11.7. The molecule has 0 amide bonds. The number of hydrogen-bond acceptors (Lipinski definition) is 6. The van der Waals surface area contributed by atoms with Gasteiger partial charge >= 0.3 is 5.97 Å². The predicted octanol–water partition coefficient (Wildman–Crippen LogP) is 4.55. The molecule has 3 rings (SSSR count). The van der Waals surface area contributed by atoms with Crippen molar-refractivity contribution in [2.24, 2.45) is 0 Å². The molecule has 0 saturated carbocycles. The van der Waals surface area contributed by atoms with Gasteiger partial charge in [-0.3, -0.25) is 4.72 Å². The third-order valence-electron chi connectivity index (χ3n) is 4.41. The summed E-state index contributed by atoms with van der Waals surface area (Å²) in [5, 5.41) is 0.731. The zero-order valence-electron chi connectivity index (χ0n) is 16.6. The molecule has 0 unspecified atom stereocenters. The SMILES string of the molecule is COC(=O)c1ccc(NS(=O)(=O)c2ccc(Cl)cc2)c(CS(=O)(=O)c2ccc(Cl)cc2)c1. The molecular formula is C21H17Cl2NO6S2. The van der Waals surface area contributed by atoms with E-state index in [1.165, 1.54) is 73.8 Å². The number of benzene rings is 3. The number of nitrogens with one attached hydrogen (secondary N) is 1. The molecule has 3 aromatic carbocycles. The lowest BCUT2D eigenvalue weighted by Gasteiger charge is -2.14. The predicted molar refractivity (Wildman–Crippen MR) is 122 cm³/mol. The van der Waals surface area contributed by atoms with Crippen molar-refractivity contribution in [2.45, 2.75) is 15.5 Å². The van der Waals surface area contributed by atoms with Crippen LogP contribution in [0.15, 0.2) is 76.5 Å². The molecule has 0 aliphatic rings. The maximum atomic E-state index is 12.9. The Balaban J connectivity index is 2.03. The largest absolute Gasteiger partial charge is 0.465 e. The number of sulfone groups is 1. The van der Waals surface area contributed by atoms with E-state index in [4.69, 9.17) is 23.2 Å². The lowest BCUT2D eigenvalue weighted by molar-refractivity contribution is 0.0600. The Morgan fingerprint density at radius 2 is 1.38 bits per heavy atom. The van der Waals surface area contributed by atoms with Crippen LogP contribution < -0.4 is 4.72 Å². The molecule has 7 nitrogen and oxygen atoms in total. The van der Waals surface area contributed by atoms with Gasteiger partial charge in [0.1, 0.15) is 0 Å². The van der Waals surface area contributed by atoms with Crippen LogP contribution in [-0.2, 0) is 30.4 Å². The number of ether oxygens (including phenoxy) is 1. The van der Waals surface area contributed by atoms with Gasteiger partial charge in [0.15, 0.2) is 9.84 Å². The van der Waals surface area contributed by atoms with Gasteiger partial charge in [-0.25, -0.2) is 21.6 Å². The Morgan fingerprint density at radius 3 is 1.91 bits per heavy atom. The molecule has 0 bridgehead atoms. The summed E-state index contributed by atoms with van der Waals surface area (Å²) in [7, 11) is -6.76. The summed E-state index contributed by atoms with van der Waals surface area (Å²) in [5.41, 5.74) is 0.147. The van der Waals surface area contributed by atoms with E-state index in [1.54, 1.807) is 0 Å². The molecule has 0 aromatic heterocycles. The van der Waals surface area contributed by atoms with Crippen molar-refractivity contribution in [1.82, 2.24) is 0 Å². The van der Waals surface area contributed by atoms with Crippen LogP contribution in [0.3, 0.4) is 0 Å². The molecule has 0 fully saturated rings. The van der Waals surface area contributed by atoms with Crippen LogP contribution in [0.5, 0.6) is 0 Å². The number of hydrogen-bond donors (Lipinski definition) is 1. The summed E-state index contributed by atoms with van der Waals surface area (Å²) in [6.45, 7) is 0. The highest BCUT2D eigenvalue weighted by Gasteiger charge is 2.22. The molecule has 3 aromatic rings. The highest BCUT2D eigenvalue weighted by atomic mass is 35.5. The summed E-state index contributed by atoms with van der Waals surface area (Å²) >= 11 is 11.6. The van der Waals surface area contributed by atoms with Gasteiger partial charge in [0.05, 0.1) is 33.9 Å². The van der Waals surface area contributed by atoms with Gasteiger partial charge in [-0.15, -0.1) is 0 Å². The van der Waals surface area contributed by atoms with Gasteiger partial charge in [0, 0.05) is 10.0 Å². The monoisotopic (exact) mass is 513 g/mol. The first-order chi connectivity index (χ1) is 15.0. The first kappa shape index (κ1) is 24.1. The van der Waals surface area contributed by atoms with Gasteiger partial charge in [0.2, 0.25) is 0 Å². The molecule has 0 aliphatic carbocycles. The van der Waals surface area contributed by atoms with Gasteiger partial charge in [-0.2, -0.15) is 0 Å². The molecule has 0 heterocycles. The Hall–Kier alpha value is -2.59. The fourth-order valence-electron chi connectivity index (χ4n) is 2.80. The minimum atomic E-state index is -4.05. The lowest BCUT2D eigenvalue weighted by atomic mass is 10.1. The number of methoxy groups -OCH3 is 1. The number of sulfonamides is 1. The Labute approximate surface area is 195 Å². The van der Waals surface area contributed by atoms with Crippen molar-refractivity contribution in [2.75, 3.05) is 11.8 Å². The summed E-state index contributed by atoms with van der Waals surface area (Å²) in [6.07, 6.45) is 0. The Bertz CT molecular complexity index is 1350. The minimum Gasteiger partial charge on any atom is -0.465 e. The van der Waals surface area contributed by atoms with E-state index in [0.717, 1.165) is 0 Å². The van der Waals surface area contributed by atoms with Crippen LogP contribution in [0, 0.1) is 0 Å². The molecule has 0 spiro atoms. The van der Waals surface area contributed by atoms with Crippen molar-refractivity contribution in [3.05, 3.63) is 87.9 Å². The van der Waals surface area contributed by atoms with E-state index in [0.29, 0.717) is 10.0 Å². The summed E-state index contributed by atoms with van der Waals surface area (Å²) in [5.74, 6) is -1.26. The lowest BCUT2D eigenvalue weighted by Crippen LogP contribution is -2.16. The molecule has 0 saturated heterocycles. The Morgan fingerprint density at radius 1 is 0.844 bits per heavy atom. The van der Waals surface area contributed by atoms with Crippen molar-refractivity contribution in [1.29, 1.82) is 0 Å². The molecule has 32 heavy (non-hydrogen) atoms. The van der Waals surface area contributed by atoms with Gasteiger partial charge in [0.25, 0.3) is 10.0 Å². The second-order valence-electron chi connectivity index (χ2n) is 6.64. The number of esters is 1. The number of anilines is 1. The topological polar surface area (TPSA) is 107 Å². The number of carbonyl (C=O) groups excluding carboxylic acids is 1. The van der Waals surface area contributed by atoms with Crippen molar-refractivity contribution >= 4 is 54.7 Å². The third-order valence-corrected chi connectivity index (χ3v) is 7.98. The van der Waals surface area contributed by atoms with Crippen LogP contribution >= 0.6 is 23.2 Å². The molecule has 0 aliphatic heterocycles. The van der Waals surface area contributed by atoms with Crippen LogP contribution in [0.1, 0.15) is 15.9 Å². The highest BCUT2D eigenvalue weighted by Crippen LogP contribution is 2.27. The number of carbonyl (C=O) groups is 1. The fourth-order valence-corrected chi connectivity index (χ4v) is 5.52. The third kappa shape index (κ3) is 5.60. The summed E-state index contributed by atoms with van der Waals surface area (Å²) in [4.78, 5) is 11.9. The van der Waals surface area contributed by atoms with Crippen LogP contribution in [-0.4, -0.2) is 29.9 Å². The van der Waals surface area contributed by atoms with Crippen molar-refractivity contribution in [3.8, 4) is 0 Å². The van der Waals surface area contributed by atoms with Gasteiger partial charge in [-0.05, 0) is 72.3 Å². The molecule has 0 atom stereocenters. The minimum absolute atomic E-state index is 0.00289. The zero-order chi connectivity index (χ0) is 23.5. The second kappa shape index (κ2) is 9.50. The van der Waals surface area contributed by atoms with Crippen molar-refractivity contribution in [3.63, 3.8) is 0 Å². The van der Waals surface area contributed by atoms with Gasteiger partial charge < -0.3 is 4.74 Å². The highest BCUT2D eigenvalue weighted by molar-refractivity contribution is 7.92. The zero-order valence-corrected chi connectivity index (χ0v) is 19.7. The van der Waals surface area contributed by atoms with Crippen LogP contribution in [0.25, 0.3) is 0 Å². The molecular weight excluding hydrogens is 497 g/mol. The smallest absolute Gasteiger partial charge is 0.337 e. The maximum absolute atomic E-state index is 12.9. The van der Waals surface area contributed by atoms with Crippen LogP contribution in [0.4, 0.5) is 5.69 Å². The van der Waals surface area contributed by atoms with E-state index >= 15 is 0 Å². The van der Waals surface area contributed by atoms with E-state index in [2.05, 4.69) is 9.46 Å². The fraction of sp³-hybridized carbons (Fsp3) is 0.0952. The average Bonchev–Trinajstić information content (AvgIpc) is 2.74. The quantitative estimate of drug-likeness (QED) is 0.464. The first-order valence-corrected chi connectivity index (χ1v) is 12.9. The van der Waals surface area contributed by atoms with Crippen LogP contribution in [0.2, 0.25) is 10.0 Å². The van der Waals surface area contributed by atoms with E-state index in [-0.39, 0.29) is 26.6 Å². The van der Waals surface area contributed by atoms with E-state index in [1.807, 2.05) is 0 Å². The first-order valence-electron chi connectivity index (χ1n) is 9.00. The molecule has 0 radical (unpaired) electrons. The summed E-state index contributed by atoms with van der Waals surface area (Å²) < 4.78 is 58.5. The average molecular weight is 514 g/mol. The number of halogens is 2. The van der Waals surface area contributed by atoms with Gasteiger partial charge in [-0.1, -0.05) is 23.2 Å². The maximum Gasteiger partial charge on any atom is 0.337 e. The molecule has 168 valence electrons. The molecule has 11 heteroatoms.